The number of nitrogens with zero attached hydrogens (tertiary/aromatic N) is 1. The number of aromatic nitrogens is 1. The molecule has 19 nitrogen and oxygen atoms in total. The molecule has 1 aromatic heterocycles. The van der Waals surface area contributed by atoms with Crippen molar-refractivity contribution in [1.82, 2.24) is 20.9 Å². The van der Waals surface area contributed by atoms with Gasteiger partial charge in [0.1, 0.15) is 28.9 Å². The van der Waals surface area contributed by atoms with Gasteiger partial charge in [-0.1, -0.05) is 46.8 Å². The first kappa shape index (κ1) is 52.3. The Morgan fingerprint density at radius 3 is 2.06 bits per heavy atom. The van der Waals surface area contributed by atoms with Crippen LogP contribution in [0.3, 0.4) is 0 Å². The van der Waals surface area contributed by atoms with E-state index in [1.165, 1.54) is 75.6 Å². The number of esters is 3. The van der Waals surface area contributed by atoms with E-state index in [9.17, 15) is 33.6 Å². The molecule has 0 spiro atoms. The van der Waals surface area contributed by atoms with E-state index in [0.717, 1.165) is 12.8 Å². The summed E-state index contributed by atoms with van der Waals surface area (Å²) in [5.41, 5.74) is -0.272. The molecule has 4 unspecified atom stereocenters. The zero-order valence-corrected chi connectivity index (χ0v) is 39.5. The van der Waals surface area contributed by atoms with Gasteiger partial charge in [-0.2, -0.15) is 0 Å². The minimum Gasteiger partial charge on any atom is -0.496 e. The van der Waals surface area contributed by atoms with Gasteiger partial charge in [-0.15, -0.1) is 0 Å². The summed E-state index contributed by atoms with van der Waals surface area (Å²) in [5, 5.41) is 18.7. The maximum Gasteiger partial charge on any atom is 0.415 e. The molecular formula is C48H60N6O13. The second kappa shape index (κ2) is 23.2. The summed E-state index contributed by atoms with van der Waals surface area (Å²) in [6.07, 6.45) is -0.714. The number of amides is 4. The molecular weight excluding hydrogens is 869 g/mol. The lowest BCUT2D eigenvalue weighted by molar-refractivity contribution is -0.170. The molecule has 4 amide bonds. The summed E-state index contributed by atoms with van der Waals surface area (Å²) in [6.45, 7) is 18.7. The van der Waals surface area contributed by atoms with Crippen LogP contribution in [0.1, 0.15) is 124 Å². The number of benzene rings is 2. The number of nitrogens with one attached hydrogen (secondary N) is 5. The number of hydrogen-bond acceptors (Lipinski definition) is 15. The average molecular weight is 929 g/mol. The average Bonchev–Trinajstić information content (AvgIpc) is 4.10. The number of hydrogen-bond donors (Lipinski definition) is 5. The van der Waals surface area contributed by atoms with E-state index in [0.29, 0.717) is 24.4 Å². The van der Waals surface area contributed by atoms with Crippen molar-refractivity contribution in [3.63, 3.8) is 0 Å². The third-order valence-corrected chi connectivity index (χ3v) is 10.1. The van der Waals surface area contributed by atoms with Crippen LogP contribution in [0.4, 0.5) is 15.3 Å². The molecule has 0 aliphatic heterocycles. The van der Waals surface area contributed by atoms with Crippen LogP contribution in [0.15, 0.2) is 55.1 Å². The molecule has 4 rings (SSSR count). The molecule has 4 atom stereocenters. The maximum absolute atomic E-state index is 14.2. The number of pyridine rings is 1. The fraction of sp³-hybridized carbons (Fsp3) is 0.438. The topological polar surface area (TPSA) is 260 Å². The summed E-state index contributed by atoms with van der Waals surface area (Å²) in [4.78, 5) is 96.4. The summed E-state index contributed by atoms with van der Waals surface area (Å²) < 4.78 is 32.1. The Kier molecular flexibility index (Phi) is 18.1. The Hall–Kier alpha value is -7.31. The van der Waals surface area contributed by atoms with Crippen molar-refractivity contribution < 1.29 is 62.0 Å². The minimum atomic E-state index is -1.53. The van der Waals surface area contributed by atoms with Crippen molar-refractivity contribution in [2.24, 2.45) is 17.8 Å². The van der Waals surface area contributed by atoms with Crippen molar-refractivity contribution in [2.75, 3.05) is 19.0 Å². The highest BCUT2D eigenvalue weighted by molar-refractivity contribution is 6.11. The lowest BCUT2D eigenvalue weighted by atomic mass is 9.94. The number of anilines is 1. The number of alkyl carbamates (subject to hydrolysis) is 2. The molecule has 5 N–H and O–H groups in total. The van der Waals surface area contributed by atoms with Crippen LogP contribution in [0.2, 0.25) is 0 Å². The Bertz CT molecular complexity index is 2350. The SMILES string of the molecule is C=Cc1cc(C(=O)Nc2ccc(C(=N)NC(=O)OC(C)OC(=O)C(C)C)cc2)c(-c2ccc(C(=O)NCC3CC3)nc2C(=O)OC(C)OC(=O)C(NC(=O)OC(C)(C)C)C(C)CC)cc1OC. The largest absolute Gasteiger partial charge is 0.496 e. The standard InChI is InChI=1S/C48H60N6O13/c1-12-26(5)38(53-47(61)67-48(8,9)10)44(58)64-27(6)65-45(59)39-33(20-21-36(52-39)42(56)50-24-29-14-15-29)34-23-37(62-11)30(13-2)22-35(34)41(55)51-32-18-16-31(17-19-32)40(49)54-46(60)66-28(7)63-43(57)25(3)4/h13,16-23,25-29,38H,2,12,14-15,24H2,1,3-11H3,(H,50,56)(H,51,55)(H,53,61)(H2,49,54,60). The van der Waals surface area contributed by atoms with Crippen molar-refractivity contribution in [3.05, 3.63) is 83.2 Å². The molecule has 0 bridgehead atoms. The number of methoxy groups -OCH3 is 1. The molecule has 360 valence electrons. The van der Waals surface area contributed by atoms with Crippen molar-refractivity contribution in [2.45, 2.75) is 106 Å². The van der Waals surface area contributed by atoms with Crippen LogP contribution in [0, 0.1) is 23.2 Å². The van der Waals surface area contributed by atoms with E-state index in [2.05, 4.69) is 32.8 Å². The van der Waals surface area contributed by atoms with Crippen molar-refractivity contribution in [1.29, 1.82) is 5.41 Å². The van der Waals surface area contributed by atoms with Crippen LogP contribution in [-0.2, 0) is 33.3 Å². The number of amidine groups is 1. The Labute approximate surface area is 389 Å². The highest BCUT2D eigenvalue weighted by Gasteiger charge is 2.33. The second-order valence-electron chi connectivity index (χ2n) is 17.1. The van der Waals surface area contributed by atoms with Crippen LogP contribution in [0.5, 0.6) is 5.75 Å². The first-order valence-corrected chi connectivity index (χ1v) is 21.8. The lowest BCUT2D eigenvalue weighted by Crippen LogP contribution is -2.48. The second-order valence-corrected chi connectivity index (χ2v) is 17.1. The lowest BCUT2D eigenvalue weighted by Gasteiger charge is -2.26. The van der Waals surface area contributed by atoms with Gasteiger partial charge in [0.15, 0.2) is 5.69 Å². The molecule has 1 heterocycles. The molecule has 3 aromatic rings. The van der Waals surface area contributed by atoms with E-state index in [1.54, 1.807) is 41.5 Å². The molecule has 1 aliphatic carbocycles. The first-order chi connectivity index (χ1) is 31.5. The Morgan fingerprint density at radius 2 is 1.48 bits per heavy atom. The van der Waals surface area contributed by atoms with Gasteiger partial charge in [-0.3, -0.25) is 25.1 Å². The van der Waals surface area contributed by atoms with Gasteiger partial charge in [0.05, 0.1) is 13.0 Å². The molecule has 1 aliphatic rings. The van der Waals surface area contributed by atoms with E-state index in [1.807, 2.05) is 6.92 Å². The third kappa shape index (κ3) is 15.4. The first-order valence-electron chi connectivity index (χ1n) is 21.8. The fourth-order valence-electron chi connectivity index (χ4n) is 6.12. The molecule has 2 aromatic carbocycles. The number of carbonyl (C=O) groups excluding carboxylic acids is 7. The highest BCUT2D eigenvalue weighted by Crippen LogP contribution is 2.35. The minimum absolute atomic E-state index is 0.00934. The number of ether oxygens (including phenoxy) is 6. The zero-order chi connectivity index (χ0) is 49.7. The zero-order valence-electron chi connectivity index (χ0n) is 39.5. The highest BCUT2D eigenvalue weighted by atomic mass is 16.7. The van der Waals surface area contributed by atoms with Gasteiger partial charge in [0.25, 0.3) is 11.8 Å². The van der Waals surface area contributed by atoms with Gasteiger partial charge >= 0.3 is 30.1 Å². The predicted octanol–water partition coefficient (Wildman–Crippen LogP) is 7.37. The molecule has 0 radical (unpaired) electrons. The molecule has 0 saturated heterocycles. The van der Waals surface area contributed by atoms with E-state index < -0.39 is 83.7 Å². The predicted molar refractivity (Wildman–Crippen MR) is 246 cm³/mol. The van der Waals surface area contributed by atoms with E-state index in [4.69, 9.17) is 33.8 Å². The van der Waals surface area contributed by atoms with Gasteiger partial charge in [0, 0.05) is 53.9 Å². The molecule has 19 heteroatoms. The quantitative estimate of drug-likeness (QED) is 0.0259. The van der Waals surface area contributed by atoms with Gasteiger partial charge in [-0.25, -0.2) is 24.2 Å². The summed E-state index contributed by atoms with van der Waals surface area (Å²) in [7, 11) is 1.41. The third-order valence-electron chi connectivity index (χ3n) is 10.1. The molecule has 1 saturated carbocycles. The van der Waals surface area contributed by atoms with E-state index >= 15 is 0 Å². The normalized spacial score (nSPS) is 13.9. The number of rotatable bonds is 19. The van der Waals surface area contributed by atoms with Gasteiger partial charge < -0.3 is 44.4 Å². The van der Waals surface area contributed by atoms with Crippen molar-refractivity contribution in [3.8, 4) is 16.9 Å². The van der Waals surface area contributed by atoms with Crippen molar-refractivity contribution >= 4 is 59.5 Å². The summed E-state index contributed by atoms with van der Waals surface area (Å²) in [6, 6.07) is 10.5. The smallest absolute Gasteiger partial charge is 0.415 e. The van der Waals surface area contributed by atoms with E-state index in [-0.39, 0.29) is 45.2 Å². The number of carbonyl (C=O) groups is 7. The molecule has 67 heavy (non-hydrogen) atoms. The van der Waals surface area contributed by atoms with Crippen LogP contribution >= 0.6 is 0 Å². The van der Waals surface area contributed by atoms with Crippen LogP contribution in [0.25, 0.3) is 17.2 Å². The Balaban J connectivity index is 1.64. The van der Waals surface area contributed by atoms with Gasteiger partial charge in [0.2, 0.25) is 12.6 Å². The van der Waals surface area contributed by atoms with Crippen LogP contribution < -0.4 is 26.0 Å². The Morgan fingerprint density at radius 1 is 0.836 bits per heavy atom. The fourth-order valence-corrected chi connectivity index (χ4v) is 6.12. The maximum atomic E-state index is 14.2. The van der Waals surface area contributed by atoms with Crippen LogP contribution in [-0.4, -0.2) is 90.6 Å². The monoisotopic (exact) mass is 928 g/mol. The van der Waals surface area contributed by atoms with Gasteiger partial charge in [-0.05, 0) is 94.0 Å². The summed E-state index contributed by atoms with van der Waals surface area (Å²) in [5.74, 6) is -4.38. The summed E-state index contributed by atoms with van der Waals surface area (Å²) >= 11 is 0. The molecule has 1 fully saturated rings.